The van der Waals surface area contributed by atoms with Crippen molar-refractivity contribution in [2.45, 2.75) is 50.7 Å². The number of aromatic nitrogens is 3. The number of carbonyl (C=O) groups excluding carboxylic acids is 1. The fraction of sp³-hybridized carbons (Fsp3) is 0.348. The quantitative estimate of drug-likeness (QED) is 0.465. The summed E-state index contributed by atoms with van der Waals surface area (Å²) in [7, 11) is 1.65. The highest BCUT2D eigenvalue weighted by molar-refractivity contribution is 7.98. The fourth-order valence-corrected chi connectivity index (χ4v) is 4.10. The maximum Gasteiger partial charge on any atom is 0.315 e. The molecule has 3 aromatic rings. The van der Waals surface area contributed by atoms with Crippen molar-refractivity contribution in [1.82, 2.24) is 25.4 Å². The zero-order valence-corrected chi connectivity index (χ0v) is 20.5. The summed E-state index contributed by atoms with van der Waals surface area (Å²) >= 11 is 7.85. The SMILES string of the molecule is COc1cccc(CSc2nnc(CNC(=O)NC(C)(C)C)n2-c2cc(Cl)ccc2C)c1. The van der Waals surface area contributed by atoms with E-state index in [1.54, 1.807) is 18.9 Å². The Labute approximate surface area is 197 Å². The molecule has 0 saturated heterocycles. The first-order valence-electron chi connectivity index (χ1n) is 10.2. The van der Waals surface area contributed by atoms with Gasteiger partial charge in [0.25, 0.3) is 0 Å². The van der Waals surface area contributed by atoms with Gasteiger partial charge in [-0.1, -0.05) is 41.6 Å². The number of halogens is 1. The normalized spacial score (nSPS) is 11.3. The predicted molar refractivity (Wildman–Crippen MR) is 129 cm³/mol. The number of amides is 2. The molecule has 0 atom stereocenters. The third-order valence-corrected chi connectivity index (χ3v) is 5.75. The van der Waals surface area contributed by atoms with Gasteiger partial charge in [0.1, 0.15) is 5.75 Å². The predicted octanol–water partition coefficient (Wildman–Crippen LogP) is 5.13. The molecule has 0 unspecified atom stereocenters. The number of carbonyl (C=O) groups is 1. The first-order chi connectivity index (χ1) is 15.2. The number of nitrogens with one attached hydrogen (secondary N) is 2. The average Bonchev–Trinajstić information content (AvgIpc) is 3.14. The number of benzene rings is 2. The molecule has 0 aliphatic heterocycles. The smallest absolute Gasteiger partial charge is 0.315 e. The van der Waals surface area contributed by atoms with Crippen LogP contribution in [-0.4, -0.2) is 33.4 Å². The van der Waals surface area contributed by atoms with E-state index in [1.807, 2.05) is 74.7 Å². The molecule has 1 heterocycles. The monoisotopic (exact) mass is 473 g/mol. The highest BCUT2D eigenvalue weighted by atomic mass is 35.5. The summed E-state index contributed by atoms with van der Waals surface area (Å²) < 4.78 is 7.27. The van der Waals surface area contributed by atoms with E-state index in [0.717, 1.165) is 22.6 Å². The molecular formula is C23H28ClN5O2S. The van der Waals surface area contributed by atoms with Crippen molar-refractivity contribution in [2.75, 3.05) is 7.11 Å². The summed E-state index contributed by atoms with van der Waals surface area (Å²) in [5.74, 6) is 2.12. The van der Waals surface area contributed by atoms with Crippen LogP contribution in [0, 0.1) is 6.92 Å². The Morgan fingerprint density at radius 3 is 2.69 bits per heavy atom. The molecule has 9 heteroatoms. The summed E-state index contributed by atoms with van der Waals surface area (Å²) in [6.07, 6.45) is 0. The molecule has 32 heavy (non-hydrogen) atoms. The van der Waals surface area contributed by atoms with Gasteiger partial charge in [0.2, 0.25) is 0 Å². The zero-order chi connectivity index (χ0) is 23.3. The highest BCUT2D eigenvalue weighted by Crippen LogP contribution is 2.29. The van der Waals surface area contributed by atoms with Gasteiger partial charge >= 0.3 is 6.03 Å². The molecular weight excluding hydrogens is 446 g/mol. The first kappa shape index (κ1) is 23.9. The standard InChI is InChI=1S/C23H28ClN5O2S/c1-15-9-10-17(24)12-19(15)29-20(13-25-21(30)26-23(2,3)4)27-28-22(29)32-14-16-7-6-8-18(11-16)31-5/h6-12H,13-14H2,1-5H3,(H2,25,26,30). The molecule has 2 aromatic carbocycles. The summed E-state index contributed by atoms with van der Waals surface area (Å²) in [5, 5.41) is 15.9. The Hall–Kier alpha value is -2.71. The minimum atomic E-state index is -0.334. The number of nitrogens with zero attached hydrogens (tertiary/aromatic N) is 3. The third-order valence-electron chi connectivity index (χ3n) is 4.51. The van der Waals surface area contributed by atoms with Gasteiger partial charge in [0.05, 0.1) is 19.3 Å². The highest BCUT2D eigenvalue weighted by Gasteiger charge is 2.19. The van der Waals surface area contributed by atoms with E-state index < -0.39 is 0 Å². The maximum atomic E-state index is 12.3. The van der Waals surface area contributed by atoms with E-state index in [1.165, 1.54) is 0 Å². The number of rotatable bonds is 7. The molecule has 2 amide bonds. The summed E-state index contributed by atoms with van der Waals surface area (Å²) in [6, 6.07) is 13.3. The molecule has 2 N–H and O–H groups in total. The van der Waals surface area contributed by atoms with Crippen molar-refractivity contribution in [3.8, 4) is 11.4 Å². The lowest BCUT2D eigenvalue weighted by Gasteiger charge is -2.21. The van der Waals surface area contributed by atoms with E-state index in [4.69, 9.17) is 16.3 Å². The van der Waals surface area contributed by atoms with Gasteiger partial charge in [-0.2, -0.15) is 0 Å². The molecule has 3 rings (SSSR count). The van der Waals surface area contributed by atoms with Crippen molar-refractivity contribution in [3.63, 3.8) is 0 Å². The molecule has 170 valence electrons. The van der Waals surface area contributed by atoms with Crippen LogP contribution in [0.25, 0.3) is 5.69 Å². The average molecular weight is 474 g/mol. The van der Waals surface area contributed by atoms with Crippen LogP contribution in [0.5, 0.6) is 5.75 Å². The Kier molecular flexibility index (Phi) is 7.69. The largest absolute Gasteiger partial charge is 0.497 e. The van der Waals surface area contributed by atoms with E-state index in [9.17, 15) is 4.79 Å². The maximum absolute atomic E-state index is 12.3. The van der Waals surface area contributed by atoms with Crippen LogP contribution in [0.3, 0.4) is 0 Å². The summed E-state index contributed by atoms with van der Waals surface area (Å²) in [4.78, 5) is 12.3. The van der Waals surface area contributed by atoms with Crippen LogP contribution in [0.1, 0.15) is 37.7 Å². The van der Waals surface area contributed by atoms with Crippen LogP contribution in [0.2, 0.25) is 5.02 Å². The van der Waals surface area contributed by atoms with Crippen molar-refractivity contribution in [2.24, 2.45) is 0 Å². The molecule has 0 aliphatic rings. The molecule has 0 radical (unpaired) electrons. The molecule has 0 bridgehead atoms. The lowest BCUT2D eigenvalue weighted by Crippen LogP contribution is -2.46. The number of methoxy groups -OCH3 is 1. The lowest BCUT2D eigenvalue weighted by molar-refractivity contribution is 0.231. The molecule has 0 spiro atoms. The Morgan fingerprint density at radius 2 is 1.97 bits per heavy atom. The number of aryl methyl sites for hydroxylation is 1. The van der Waals surface area contributed by atoms with E-state index in [-0.39, 0.29) is 18.1 Å². The van der Waals surface area contributed by atoms with Crippen LogP contribution in [0.15, 0.2) is 47.6 Å². The number of ether oxygens (including phenoxy) is 1. The Balaban J connectivity index is 1.88. The van der Waals surface area contributed by atoms with Crippen LogP contribution < -0.4 is 15.4 Å². The van der Waals surface area contributed by atoms with Gasteiger partial charge in [0, 0.05) is 16.3 Å². The van der Waals surface area contributed by atoms with Crippen LogP contribution >= 0.6 is 23.4 Å². The van der Waals surface area contributed by atoms with Crippen LogP contribution in [0.4, 0.5) is 4.79 Å². The zero-order valence-electron chi connectivity index (χ0n) is 18.9. The van der Waals surface area contributed by atoms with Crippen molar-refractivity contribution in [3.05, 3.63) is 64.4 Å². The van der Waals surface area contributed by atoms with E-state index >= 15 is 0 Å². The summed E-state index contributed by atoms with van der Waals surface area (Å²) in [6.45, 7) is 8.01. The number of thioether (sulfide) groups is 1. The van der Waals surface area contributed by atoms with Gasteiger partial charge in [-0.3, -0.25) is 4.57 Å². The van der Waals surface area contributed by atoms with Gasteiger partial charge < -0.3 is 15.4 Å². The number of hydrogen-bond acceptors (Lipinski definition) is 5. The topological polar surface area (TPSA) is 81.1 Å². The second kappa shape index (κ2) is 10.3. The first-order valence-corrected chi connectivity index (χ1v) is 11.5. The molecule has 0 fully saturated rings. The van der Waals surface area contributed by atoms with Gasteiger partial charge in [-0.15, -0.1) is 10.2 Å². The van der Waals surface area contributed by atoms with Crippen molar-refractivity contribution < 1.29 is 9.53 Å². The molecule has 7 nitrogen and oxygen atoms in total. The molecule has 0 saturated carbocycles. The summed E-state index contributed by atoms with van der Waals surface area (Å²) in [5.41, 5.74) is 2.68. The van der Waals surface area contributed by atoms with Crippen LogP contribution in [-0.2, 0) is 12.3 Å². The molecule has 1 aromatic heterocycles. The Bertz CT molecular complexity index is 1090. The van der Waals surface area contributed by atoms with E-state index in [2.05, 4.69) is 20.8 Å². The minimum absolute atomic E-state index is 0.223. The van der Waals surface area contributed by atoms with Gasteiger partial charge in [-0.25, -0.2) is 4.79 Å². The second-order valence-electron chi connectivity index (χ2n) is 8.36. The second-order valence-corrected chi connectivity index (χ2v) is 9.74. The Morgan fingerprint density at radius 1 is 1.19 bits per heavy atom. The lowest BCUT2D eigenvalue weighted by atomic mass is 10.1. The number of hydrogen-bond donors (Lipinski definition) is 2. The van der Waals surface area contributed by atoms with Crippen molar-refractivity contribution >= 4 is 29.4 Å². The molecule has 0 aliphatic carbocycles. The fourth-order valence-electron chi connectivity index (χ4n) is 3.03. The van der Waals surface area contributed by atoms with Gasteiger partial charge in [0.15, 0.2) is 11.0 Å². The number of urea groups is 1. The van der Waals surface area contributed by atoms with E-state index in [0.29, 0.717) is 21.8 Å². The third kappa shape index (κ3) is 6.40. The minimum Gasteiger partial charge on any atom is -0.497 e. The van der Waals surface area contributed by atoms with Gasteiger partial charge in [-0.05, 0) is 63.1 Å². The van der Waals surface area contributed by atoms with Crippen molar-refractivity contribution in [1.29, 1.82) is 0 Å².